The third kappa shape index (κ3) is 2.99. The van der Waals surface area contributed by atoms with Crippen molar-refractivity contribution in [1.82, 2.24) is 15.0 Å². The first-order valence-electron chi connectivity index (χ1n) is 5.59. The highest BCUT2D eigenvalue weighted by Gasteiger charge is 2.24. The number of carbonyl (C=O) groups is 2. The highest BCUT2D eigenvalue weighted by atomic mass is 16.2. The Morgan fingerprint density at radius 1 is 1.00 bits per heavy atom. The SMILES string of the molecule is NC(=O)N(N)c1nc(NC2CC2)nc(N(N)C(N)=O)n1. The summed E-state index contributed by atoms with van der Waals surface area (Å²) >= 11 is 0. The third-order valence-electron chi connectivity index (χ3n) is 2.43. The van der Waals surface area contributed by atoms with Gasteiger partial charge >= 0.3 is 12.1 Å². The Morgan fingerprint density at radius 3 is 1.80 bits per heavy atom. The van der Waals surface area contributed by atoms with Gasteiger partial charge in [-0.15, -0.1) is 0 Å². The molecule has 2 rings (SSSR count). The molecule has 1 saturated carbocycles. The molecule has 0 unspecified atom stereocenters. The first-order chi connectivity index (χ1) is 9.38. The molecule has 1 fully saturated rings. The van der Waals surface area contributed by atoms with Crippen LogP contribution >= 0.6 is 0 Å². The fourth-order valence-electron chi connectivity index (χ4n) is 1.24. The van der Waals surface area contributed by atoms with Gasteiger partial charge in [0.1, 0.15) is 0 Å². The summed E-state index contributed by atoms with van der Waals surface area (Å²) in [5.74, 6) is 10.4. The molecule has 0 atom stereocenters. The standard InChI is InChI=1S/C8H14N10O2/c9-4(19)17(11)7-14-6(13-3-1-2-3)15-8(16-7)18(12)5(10)20/h3H,1-2,11-12H2,(H2,9,19)(H2,10,20)(H,13,14,15,16). The van der Waals surface area contributed by atoms with E-state index < -0.39 is 12.1 Å². The van der Waals surface area contributed by atoms with Gasteiger partial charge in [0, 0.05) is 6.04 Å². The highest BCUT2D eigenvalue weighted by Crippen LogP contribution is 2.24. The molecule has 1 aromatic rings. The largest absolute Gasteiger partial charge is 0.351 e. The number of hydrogen-bond donors (Lipinski definition) is 5. The van der Waals surface area contributed by atoms with E-state index in [9.17, 15) is 9.59 Å². The molecule has 1 aromatic heterocycles. The minimum Gasteiger partial charge on any atom is -0.351 e. The molecule has 0 bridgehead atoms. The van der Waals surface area contributed by atoms with Crippen LogP contribution in [-0.2, 0) is 0 Å². The molecule has 0 aromatic carbocycles. The van der Waals surface area contributed by atoms with Crippen molar-refractivity contribution in [3.63, 3.8) is 0 Å². The molecular formula is C8H14N10O2. The number of hydrazine groups is 2. The number of aromatic nitrogens is 3. The normalized spacial score (nSPS) is 13.7. The quantitative estimate of drug-likeness (QED) is 0.236. The summed E-state index contributed by atoms with van der Waals surface area (Å²) in [7, 11) is 0. The molecule has 1 heterocycles. The number of rotatable bonds is 4. The van der Waals surface area contributed by atoms with Crippen molar-refractivity contribution in [3.8, 4) is 0 Å². The number of amides is 4. The van der Waals surface area contributed by atoms with Crippen LogP contribution in [0.15, 0.2) is 0 Å². The summed E-state index contributed by atoms with van der Waals surface area (Å²) in [6.07, 6.45) is 1.92. The van der Waals surface area contributed by atoms with Gasteiger partial charge in [0.05, 0.1) is 0 Å². The predicted molar refractivity (Wildman–Crippen MR) is 69.0 cm³/mol. The van der Waals surface area contributed by atoms with E-state index in [2.05, 4.69) is 20.3 Å². The number of carbonyl (C=O) groups excluding carboxylic acids is 2. The number of anilines is 3. The van der Waals surface area contributed by atoms with Gasteiger partial charge in [0.15, 0.2) is 0 Å². The fourth-order valence-corrected chi connectivity index (χ4v) is 1.24. The number of nitrogens with one attached hydrogen (secondary N) is 1. The lowest BCUT2D eigenvalue weighted by Gasteiger charge is -2.16. The van der Waals surface area contributed by atoms with Gasteiger partial charge in [0.25, 0.3) is 11.9 Å². The third-order valence-corrected chi connectivity index (χ3v) is 2.43. The first kappa shape index (κ1) is 13.7. The number of nitrogens with two attached hydrogens (primary N) is 4. The van der Waals surface area contributed by atoms with Crippen molar-refractivity contribution < 1.29 is 9.59 Å². The number of urea groups is 2. The molecule has 0 radical (unpaired) electrons. The van der Waals surface area contributed by atoms with Crippen LogP contribution in [0, 0.1) is 0 Å². The molecule has 9 N–H and O–H groups in total. The smallest absolute Gasteiger partial charge is 0.336 e. The van der Waals surface area contributed by atoms with Crippen molar-refractivity contribution in [2.75, 3.05) is 15.3 Å². The Kier molecular flexibility index (Phi) is 3.49. The van der Waals surface area contributed by atoms with Gasteiger partial charge in [0.2, 0.25) is 5.95 Å². The Bertz CT molecular complexity index is 506. The van der Waals surface area contributed by atoms with Crippen molar-refractivity contribution in [3.05, 3.63) is 0 Å². The second kappa shape index (κ2) is 5.10. The van der Waals surface area contributed by atoms with Crippen LogP contribution in [0.3, 0.4) is 0 Å². The van der Waals surface area contributed by atoms with Gasteiger partial charge in [-0.25, -0.2) is 21.3 Å². The molecule has 108 valence electrons. The summed E-state index contributed by atoms with van der Waals surface area (Å²) in [4.78, 5) is 33.6. The summed E-state index contributed by atoms with van der Waals surface area (Å²) in [5.41, 5.74) is 10.0. The minimum atomic E-state index is -0.984. The second-order valence-electron chi connectivity index (χ2n) is 4.09. The van der Waals surface area contributed by atoms with E-state index in [-0.39, 0.29) is 23.9 Å². The van der Waals surface area contributed by atoms with Gasteiger partial charge in [-0.3, -0.25) is 0 Å². The Balaban J connectivity index is 2.36. The van der Waals surface area contributed by atoms with Crippen molar-refractivity contribution in [2.24, 2.45) is 23.2 Å². The van der Waals surface area contributed by atoms with E-state index >= 15 is 0 Å². The zero-order chi connectivity index (χ0) is 14.9. The minimum absolute atomic E-state index is 0.112. The highest BCUT2D eigenvalue weighted by molar-refractivity contribution is 5.89. The van der Waals surface area contributed by atoms with Gasteiger partial charge < -0.3 is 16.8 Å². The zero-order valence-corrected chi connectivity index (χ0v) is 10.4. The average Bonchev–Trinajstić information content (AvgIpc) is 3.20. The average molecular weight is 282 g/mol. The van der Waals surface area contributed by atoms with Crippen LogP contribution in [0.4, 0.5) is 27.4 Å². The predicted octanol–water partition coefficient (Wildman–Crippen LogP) is -2.04. The van der Waals surface area contributed by atoms with Crippen LogP contribution < -0.4 is 38.5 Å². The summed E-state index contributed by atoms with van der Waals surface area (Å²) in [5, 5.41) is 3.95. The van der Waals surface area contributed by atoms with E-state index in [1.165, 1.54) is 0 Å². The van der Waals surface area contributed by atoms with E-state index in [0.717, 1.165) is 12.8 Å². The second-order valence-corrected chi connectivity index (χ2v) is 4.09. The zero-order valence-electron chi connectivity index (χ0n) is 10.4. The number of nitrogens with zero attached hydrogens (tertiary/aromatic N) is 5. The Morgan fingerprint density at radius 2 is 1.45 bits per heavy atom. The maximum Gasteiger partial charge on any atom is 0.336 e. The van der Waals surface area contributed by atoms with Gasteiger partial charge in [-0.05, 0) is 12.8 Å². The van der Waals surface area contributed by atoms with Crippen molar-refractivity contribution in [1.29, 1.82) is 0 Å². The molecule has 1 aliphatic rings. The van der Waals surface area contributed by atoms with Crippen molar-refractivity contribution >= 4 is 29.9 Å². The van der Waals surface area contributed by atoms with Crippen molar-refractivity contribution in [2.45, 2.75) is 18.9 Å². The summed E-state index contributed by atoms with van der Waals surface area (Å²) < 4.78 is 0. The summed E-state index contributed by atoms with van der Waals surface area (Å²) in [6, 6.07) is -1.75. The summed E-state index contributed by atoms with van der Waals surface area (Å²) in [6.45, 7) is 0. The lowest BCUT2D eigenvalue weighted by atomic mass is 10.6. The van der Waals surface area contributed by atoms with E-state index in [0.29, 0.717) is 10.0 Å². The molecule has 0 saturated heterocycles. The topological polar surface area (TPSA) is 195 Å². The van der Waals surface area contributed by atoms with Gasteiger partial charge in [-0.2, -0.15) is 25.0 Å². The molecule has 1 aliphatic carbocycles. The molecule has 20 heavy (non-hydrogen) atoms. The lowest BCUT2D eigenvalue weighted by molar-refractivity contribution is 0.253. The van der Waals surface area contributed by atoms with Crippen LogP contribution in [0.1, 0.15) is 12.8 Å². The number of primary amides is 2. The van der Waals surface area contributed by atoms with Crippen LogP contribution in [0.2, 0.25) is 0 Å². The van der Waals surface area contributed by atoms with Crippen LogP contribution in [0.25, 0.3) is 0 Å². The number of hydrogen-bond acceptors (Lipinski definition) is 8. The van der Waals surface area contributed by atoms with E-state index in [4.69, 9.17) is 23.2 Å². The molecule has 12 heteroatoms. The Hall–Kier alpha value is -2.73. The molecule has 4 amide bonds. The lowest BCUT2D eigenvalue weighted by Crippen LogP contribution is -2.45. The maximum absolute atomic E-state index is 11.0. The van der Waals surface area contributed by atoms with Crippen LogP contribution in [0.5, 0.6) is 0 Å². The monoisotopic (exact) mass is 282 g/mol. The fraction of sp³-hybridized carbons (Fsp3) is 0.375. The molecule has 0 aliphatic heterocycles. The van der Waals surface area contributed by atoms with E-state index in [1.807, 2.05) is 0 Å². The Labute approximate surface area is 113 Å². The van der Waals surface area contributed by atoms with E-state index in [1.54, 1.807) is 0 Å². The maximum atomic E-state index is 11.0. The van der Waals surface area contributed by atoms with Gasteiger partial charge in [-0.1, -0.05) is 0 Å². The first-order valence-corrected chi connectivity index (χ1v) is 5.59. The molecular weight excluding hydrogens is 268 g/mol. The molecule has 12 nitrogen and oxygen atoms in total. The van der Waals surface area contributed by atoms with Crippen LogP contribution in [-0.4, -0.2) is 33.1 Å². The molecule has 0 spiro atoms.